The number of imide groups is 1. The van der Waals surface area contributed by atoms with Crippen molar-refractivity contribution < 1.29 is 14.3 Å². The van der Waals surface area contributed by atoms with Crippen molar-refractivity contribution >= 4 is 40.7 Å². The van der Waals surface area contributed by atoms with E-state index in [1.165, 1.54) is 4.90 Å². The van der Waals surface area contributed by atoms with Crippen LogP contribution in [0, 0.1) is 23.7 Å². The van der Waals surface area contributed by atoms with Crippen molar-refractivity contribution in [3.8, 4) is 11.5 Å². The van der Waals surface area contributed by atoms with Gasteiger partial charge in [0.2, 0.25) is 11.8 Å². The second-order valence-electron chi connectivity index (χ2n) is 7.57. The Bertz CT molecular complexity index is 915. The summed E-state index contributed by atoms with van der Waals surface area (Å²) in [5.74, 6) is 1.54. The minimum absolute atomic E-state index is 0.0355. The van der Waals surface area contributed by atoms with Crippen LogP contribution in [0.4, 0.5) is 5.69 Å². The van der Waals surface area contributed by atoms with Crippen LogP contribution < -0.4 is 9.64 Å². The molecule has 0 radical (unpaired) electrons. The first-order chi connectivity index (χ1) is 13.0. The lowest BCUT2D eigenvalue weighted by Crippen LogP contribution is -2.32. The molecule has 4 nitrogen and oxygen atoms in total. The van der Waals surface area contributed by atoms with Gasteiger partial charge in [-0.2, -0.15) is 0 Å². The predicted octanol–water partition coefficient (Wildman–Crippen LogP) is 5.32. The number of nitrogens with zero attached hydrogens (tertiary/aromatic N) is 1. The number of ether oxygens (including phenoxy) is 1. The summed E-state index contributed by atoms with van der Waals surface area (Å²) in [6, 6.07) is 12.0. The van der Waals surface area contributed by atoms with Crippen LogP contribution in [0.25, 0.3) is 0 Å². The number of halogens is 2. The highest BCUT2D eigenvalue weighted by atomic mass is 35.5. The first-order valence-electron chi connectivity index (χ1n) is 9.14. The average molecular weight is 402 g/mol. The van der Waals surface area contributed by atoms with Crippen molar-refractivity contribution in [3.63, 3.8) is 0 Å². The first kappa shape index (κ1) is 17.1. The average Bonchev–Trinajstić information content (AvgIpc) is 3.32. The van der Waals surface area contributed by atoms with Crippen LogP contribution in [0.1, 0.15) is 19.3 Å². The van der Waals surface area contributed by atoms with E-state index in [-0.39, 0.29) is 23.7 Å². The van der Waals surface area contributed by atoms with Gasteiger partial charge in [0.15, 0.2) is 0 Å². The molecule has 0 unspecified atom stereocenters. The van der Waals surface area contributed by atoms with Crippen LogP contribution in [0.2, 0.25) is 10.0 Å². The Balaban J connectivity index is 1.38. The molecular weight excluding hydrogens is 385 g/mol. The van der Waals surface area contributed by atoms with Crippen molar-refractivity contribution in [1.82, 2.24) is 0 Å². The fraction of sp³-hybridized carbons (Fsp3) is 0.333. The molecule has 2 aromatic carbocycles. The van der Waals surface area contributed by atoms with E-state index < -0.39 is 0 Å². The number of fused-ring (bicyclic) bond motifs is 5. The van der Waals surface area contributed by atoms with Crippen LogP contribution in [0.3, 0.4) is 0 Å². The molecule has 1 aliphatic heterocycles. The normalized spacial score (nSPS) is 28.7. The lowest BCUT2D eigenvalue weighted by molar-refractivity contribution is -0.123. The SMILES string of the molecule is O=C1[C@@H]2[C@H]3CC[C@@H](C3)[C@@H]2C(=O)N1c1ccc(Oc2ccc(Cl)cc2Cl)cc1. The van der Waals surface area contributed by atoms with E-state index >= 15 is 0 Å². The zero-order valence-corrected chi connectivity index (χ0v) is 15.9. The van der Waals surface area contributed by atoms with Gasteiger partial charge < -0.3 is 4.74 Å². The topological polar surface area (TPSA) is 46.6 Å². The second kappa shape index (κ2) is 6.25. The van der Waals surface area contributed by atoms with Crippen molar-refractivity contribution in [1.29, 1.82) is 0 Å². The molecule has 2 saturated carbocycles. The minimum atomic E-state index is -0.111. The molecular formula is C21H17Cl2NO3. The number of anilines is 1. The molecule has 1 saturated heterocycles. The lowest BCUT2D eigenvalue weighted by atomic mass is 9.81. The molecule has 0 spiro atoms. The maximum absolute atomic E-state index is 12.9. The largest absolute Gasteiger partial charge is 0.456 e. The monoisotopic (exact) mass is 401 g/mol. The number of hydrogen-bond donors (Lipinski definition) is 0. The second-order valence-corrected chi connectivity index (χ2v) is 8.41. The summed E-state index contributed by atoms with van der Waals surface area (Å²) in [5, 5.41) is 0.952. The Labute approximate surface area is 167 Å². The molecule has 3 fully saturated rings. The van der Waals surface area contributed by atoms with E-state index in [4.69, 9.17) is 27.9 Å². The summed E-state index contributed by atoms with van der Waals surface area (Å²) in [5.41, 5.74) is 0.605. The number of carbonyl (C=O) groups excluding carboxylic acids is 2. The molecule has 3 aliphatic rings. The van der Waals surface area contributed by atoms with E-state index in [9.17, 15) is 9.59 Å². The first-order valence-corrected chi connectivity index (χ1v) is 9.89. The zero-order chi connectivity index (χ0) is 18.7. The van der Waals surface area contributed by atoms with E-state index in [1.54, 1.807) is 42.5 Å². The highest BCUT2D eigenvalue weighted by molar-refractivity contribution is 6.35. The fourth-order valence-corrected chi connectivity index (χ4v) is 5.46. The standard InChI is InChI=1S/C21H17Cl2NO3/c22-13-3-8-17(16(23)10-13)27-15-6-4-14(5-7-15)24-20(25)18-11-1-2-12(9-11)19(18)21(24)26/h3-8,10-12,18-19H,1-2,9H2/t11-,12-,18-,19+/m0/s1. The maximum Gasteiger partial charge on any atom is 0.237 e. The Morgan fingerprint density at radius 1 is 0.889 bits per heavy atom. The number of benzene rings is 2. The van der Waals surface area contributed by atoms with Gasteiger partial charge in [-0.05, 0) is 73.6 Å². The molecule has 2 bridgehead atoms. The third kappa shape index (κ3) is 2.66. The van der Waals surface area contributed by atoms with Crippen LogP contribution in [0.15, 0.2) is 42.5 Å². The number of hydrogen-bond acceptors (Lipinski definition) is 3. The van der Waals surface area contributed by atoms with E-state index in [0.717, 1.165) is 19.3 Å². The highest BCUT2D eigenvalue weighted by Gasteiger charge is 2.61. The molecule has 0 N–H and O–H groups in total. The van der Waals surface area contributed by atoms with Gasteiger partial charge in [-0.15, -0.1) is 0 Å². The Morgan fingerprint density at radius 2 is 1.52 bits per heavy atom. The summed E-state index contributed by atoms with van der Waals surface area (Å²) >= 11 is 12.0. The molecule has 2 amide bonds. The van der Waals surface area contributed by atoms with Gasteiger partial charge in [-0.3, -0.25) is 14.5 Å². The molecule has 6 heteroatoms. The van der Waals surface area contributed by atoms with Gasteiger partial charge >= 0.3 is 0 Å². The Kier molecular flexibility index (Phi) is 3.95. The summed E-state index contributed by atoms with van der Waals surface area (Å²) in [7, 11) is 0. The van der Waals surface area contributed by atoms with Crippen molar-refractivity contribution in [3.05, 3.63) is 52.5 Å². The summed E-state index contributed by atoms with van der Waals surface area (Å²) in [6.45, 7) is 0. The summed E-state index contributed by atoms with van der Waals surface area (Å²) < 4.78 is 5.78. The minimum Gasteiger partial charge on any atom is -0.456 e. The van der Waals surface area contributed by atoms with Crippen molar-refractivity contribution in [2.24, 2.45) is 23.7 Å². The van der Waals surface area contributed by atoms with Gasteiger partial charge in [0, 0.05) is 5.02 Å². The molecule has 2 aliphatic carbocycles. The third-order valence-corrected chi connectivity index (χ3v) is 6.67. The van der Waals surface area contributed by atoms with E-state index in [0.29, 0.717) is 39.1 Å². The maximum atomic E-state index is 12.9. The highest BCUT2D eigenvalue weighted by Crippen LogP contribution is 2.56. The third-order valence-electron chi connectivity index (χ3n) is 6.14. The van der Waals surface area contributed by atoms with Crippen LogP contribution in [-0.4, -0.2) is 11.8 Å². The van der Waals surface area contributed by atoms with Crippen LogP contribution >= 0.6 is 23.2 Å². The van der Waals surface area contributed by atoms with Gasteiger partial charge in [0.05, 0.1) is 22.5 Å². The molecule has 27 heavy (non-hydrogen) atoms. The Hall–Kier alpha value is -2.04. The van der Waals surface area contributed by atoms with Crippen molar-refractivity contribution in [2.75, 3.05) is 4.90 Å². The lowest BCUT2D eigenvalue weighted by Gasteiger charge is -2.19. The molecule has 5 rings (SSSR count). The van der Waals surface area contributed by atoms with Crippen LogP contribution in [0.5, 0.6) is 11.5 Å². The van der Waals surface area contributed by atoms with Gasteiger partial charge in [-0.1, -0.05) is 23.2 Å². The van der Waals surface area contributed by atoms with Gasteiger partial charge in [-0.25, -0.2) is 0 Å². The molecule has 138 valence electrons. The van der Waals surface area contributed by atoms with E-state index in [1.807, 2.05) is 0 Å². The zero-order valence-electron chi connectivity index (χ0n) is 14.4. The molecule has 0 aromatic heterocycles. The number of rotatable bonds is 3. The Morgan fingerprint density at radius 3 is 2.11 bits per heavy atom. The van der Waals surface area contributed by atoms with Gasteiger partial charge in [0.1, 0.15) is 11.5 Å². The van der Waals surface area contributed by atoms with E-state index in [2.05, 4.69) is 0 Å². The van der Waals surface area contributed by atoms with Crippen LogP contribution in [-0.2, 0) is 9.59 Å². The predicted molar refractivity (Wildman–Crippen MR) is 103 cm³/mol. The molecule has 4 atom stereocenters. The van der Waals surface area contributed by atoms with Gasteiger partial charge in [0.25, 0.3) is 0 Å². The summed E-state index contributed by atoms with van der Waals surface area (Å²) in [4.78, 5) is 27.1. The number of amides is 2. The molecule has 2 aromatic rings. The molecule has 1 heterocycles. The quantitative estimate of drug-likeness (QED) is 0.653. The van der Waals surface area contributed by atoms with Crippen molar-refractivity contribution in [2.45, 2.75) is 19.3 Å². The smallest absolute Gasteiger partial charge is 0.237 e. The number of carbonyl (C=O) groups is 2. The summed E-state index contributed by atoms with van der Waals surface area (Å²) in [6.07, 6.45) is 3.19. The fourth-order valence-electron chi connectivity index (χ4n) is 5.01.